The molecule has 2 heteroatoms. The van der Waals surface area contributed by atoms with Gasteiger partial charge in [0.25, 0.3) is 6.29 Å². The van der Waals surface area contributed by atoms with Crippen LogP contribution in [0.2, 0.25) is 0 Å². The zero-order valence-electron chi connectivity index (χ0n) is 12.3. The van der Waals surface area contributed by atoms with Crippen molar-refractivity contribution in [2.75, 3.05) is 0 Å². The summed E-state index contributed by atoms with van der Waals surface area (Å²) in [6.07, 6.45) is 11.2. The van der Waals surface area contributed by atoms with E-state index in [0.717, 1.165) is 17.4 Å². The fraction of sp³-hybridized carbons (Fsp3) is 0.556. The summed E-state index contributed by atoms with van der Waals surface area (Å²) in [6, 6.07) is 8.80. The molecule has 0 aromatic heterocycles. The lowest BCUT2D eigenvalue weighted by Gasteiger charge is -2.28. The molecule has 1 saturated carbocycles. The highest BCUT2D eigenvalue weighted by Crippen LogP contribution is 2.38. The van der Waals surface area contributed by atoms with Gasteiger partial charge in [-0.05, 0) is 43.1 Å². The van der Waals surface area contributed by atoms with Gasteiger partial charge in [-0.15, -0.1) is 0 Å². The number of rotatable bonds is 4. The van der Waals surface area contributed by atoms with Crippen molar-refractivity contribution < 1.29 is 9.47 Å². The molecule has 1 aliphatic carbocycles. The first-order valence-corrected chi connectivity index (χ1v) is 7.92. The molecule has 0 unspecified atom stereocenters. The molecule has 0 radical (unpaired) electrons. The van der Waals surface area contributed by atoms with Gasteiger partial charge in [-0.3, -0.25) is 0 Å². The molecule has 1 fully saturated rings. The van der Waals surface area contributed by atoms with Gasteiger partial charge in [0.1, 0.15) is 12.5 Å². The lowest BCUT2D eigenvalue weighted by atomic mass is 9.77. The molecule has 2 aliphatic rings. The summed E-state index contributed by atoms with van der Waals surface area (Å²) in [5.74, 6) is 1.72. The van der Waals surface area contributed by atoms with Crippen molar-refractivity contribution in [3.63, 3.8) is 0 Å². The third kappa shape index (κ3) is 3.00. The Morgan fingerprint density at radius 2 is 1.50 bits per heavy atom. The Bertz CT molecular complexity index is 433. The van der Waals surface area contributed by atoms with E-state index in [-0.39, 0.29) is 6.29 Å². The summed E-state index contributed by atoms with van der Waals surface area (Å²) in [5.41, 5.74) is 2.58. The van der Waals surface area contributed by atoms with Crippen molar-refractivity contribution in [1.29, 1.82) is 0 Å². The van der Waals surface area contributed by atoms with Gasteiger partial charge in [0.05, 0.1) is 0 Å². The highest BCUT2D eigenvalue weighted by molar-refractivity contribution is 5.27. The van der Waals surface area contributed by atoms with E-state index in [1.807, 2.05) is 0 Å². The topological polar surface area (TPSA) is 18.5 Å². The minimum Gasteiger partial charge on any atom is -0.455 e. The van der Waals surface area contributed by atoms with Crippen LogP contribution in [0.4, 0.5) is 0 Å². The maximum atomic E-state index is 5.36. The molecule has 0 atom stereocenters. The Morgan fingerprint density at radius 3 is 2.10 bits per heavy atom. The molecule has 0 spiro atoms. The van der Waals surface area contributed by atoms with Crippen molar-refractivity contribution >= 4 is 0 Å². The van der Waals surface area contributed by atoms with E-state index in [9.17, 15) is 0 Å². The molecule has 108 valence electrons. The summed E-state index contributed by atoms with van der Waals surface area (Å²) >= 11 is 0. The molecule has 0 amide bonds. The highest BCUT2D eigenvalue weighted by atomic mass is 16.7. The van der Waals surface area contributed by atoms with Gasteiger partial charge < -0.3 is 9.47 Å². The molecule has 0 saturated heterocycles. The molecule has 1 aromatic rings. The van der Waals surface area contributed by atoms with E-state index >= 15 is 0 Å². The number of benzene rings is 1. The van der Waals surface area contributed by atoms with Gasteiger partial charge in [0.2, 0.25) is 0 Å². The first kappa shape index (κ1) is 13.5. The molecule has 2 nitrogen and oxygen atoms in total. The maximum absolute atomic E-state index is 5.36. The first-order chi connectivity index (χ1) is 9.86. The number of hydrogen-bond acceptors (Lipinski definition) is 2. The first-order valence-electron chi connectivity index (χ1n) is 7.92. The van der Waals surface area contributed by atoms with E-state index in [4.69, 9.17) is 9.47 Å². The smallest absolute Gasteiger partial charge is 0.266 e. The minimum atomic E-state index is -0.246. The average molecular weight is 272 g/mol. The average Bonchev–Trinajstić information content (AvgIpc) is 3.03. The third-order valence-corrected chi connectivity index (χ3v) is 4.68. The second-order valence-electron chi connectivity index (χ2n) is 6.05. The molecule has 3 rings (SSSR count). The van der Waals surface area contributed by atoms with E-state index in [0.29, 0.717) is 0 Å². The quantitative estimate of drug-likeness (QED) is 0.742. The molecule has 20 heavy (non-hydrogen) atoms. The van der Waals surface area contributed by atoms with Crippen LogP contribution in [-0.2, 0) is 9.47 Å². The van der Waals surface area contributed by atoms with Crippen LogP contribution in [0.25, 0.3) is 0 Å². The van der Waals surface area contributed by atoms with Crippen molar-refractivity contribution in [1.82, 2.24) is 0 Å². The number of ether oxygens (including phenoxy) is 2. The van der Waals surface area contributed by atoms with Gasteiger partial charge >= 0.3 is 0 Å². The second-order valence-corrected chi connectivity index (χ2v) is 6.05. The number of hydrogen-bond donors (Lipinski definition) is 0. The van der Waals surface area contributed by atoms with Crippen LogP contribution >= 0.6 is 0 Å². The van der Waals surface area contributed by atoms with Crippen molar-refractivity contribution in [2.45, 2.75) is 57.7 Å². The fourth-order valence-corrected chi connectivity index (χ4v) is 3.51. The molecule has 1 aliphatic heterocycles. The van der Waals surface area contributed by atoms with E-state index in [2.05, 4.69) is 31.2 Å². The largest absolute Gasteiger partial charge is 0.455 e. The predicted octanol–water partition coefficient (Wildman–Crippen LogP) is 5.28. The molecule has 0 bridgehead atoms. The SMILES string of the molecule is CCCC1CCC(c2ccc(C3OC=CO3)cc2)CC1. The summed E-state index contributed by atoms with van der Waals surface area (Å²) in [4.78, 5) is 0. The van der Waals surface area contributed by atoms with Gasteiger partial charge in [-0.2, -0.15) is 0 Å². The Kier molecular flexibility index (Phi) is 4.29. The molecular formula is C18H24O2. The minimum absolute atomic E-state index is 0.246. The molecule has 0 N–H and O–H groups in total. The molecule has 1 heterocycles. The van der Waals surface area contributed by atoms with Crippen LogP contribution in [0.5, 0.6) is 0 Å². The Morgan fingerprint density at radius 1 is 0.900 bits per heavy atom. The maximum Gasteiger partial charge on any atom is 0.266 e. The second kappa shape index (κ2) is 6.34. The third-order valence-electron chi connectivity index (χ3n) is 4.68. The van der Waals surface area contributed by atoms with Gasteiger partial charge in [0.15, 0.2) is 0 Å². The van der Waals surface area contributed by atoms with Gasteiger partial charge in [-0.1, -0.05) is 44.0 Å². The fourth-order valence-electron chi connectivity index (χ4n) is 3.51. The van der Waals surface area contributed by atoms with Crippen molar-refractivity contribution in [2.24, 2.45) is 5.92 Å². The van der Waals surface area contributed by atoms with Gasteiger partial charge in [-0.25, -0.2) is 0 Å². The van der Waals surface area contributed by atoms with E-state index in [1.54, 1.807) is 12.5 Å². The van der Waals surface area contributed by atoms with E-state index < -0.39 is 0 Å². The Hall–Kier alpha value is -1.44. The zero-order valence-corrected chi connectivity index (χ0v) is 12.3. The van der Waals surface area contributed by atoms with Crippen LogP contribution in [0.1, 0.15) is 68.8 Å². The lowest BCUT2D eigenvalue weighted by molar-refractivity contribution is -0.0246. The van der Waals surface area contributed by atoms with Crippen LogP contribution in [0.3, 0.4) is 0 Å². The molecule has 1 aromatic carbocycles. The summed E-state index contributed by atoms with van der Waals surface area (Å²) in [7, 11) is 0. The summed E-state index contributed by atoms with van der Waals surface area (Å²) < 4.78 is 10.7. The highest BCUT2D eigenvalue weighted by Gasteiger charge is 2.22. The van der Waals surface area contributed by atoms with Crippen molar-refractivity contribution in [3.05, 3.63) is 47.9 Å². The molecular weight excluding hydrogens is 248 g/mol. The van der Waals surface area contributed by atoms with Crippen LogP contribution in [0, 0.1) is 5.92 Å². The van der Waals surface area contributed by atoms with Crippen LogP contribution < -0.4 is 0 Å². The van der Waals surface area contributed by atoms with Crippen molar-refractivity contribution in [3.8, 4) is 0 Å². The van der Waals surface area contributed by atoms with E-state index in [1.165, 1.54) is 44.1 Å². The predicted molar refractivity (Wildman–Crippen MR) is 80.1 cm³/mol. The Labute approximate surface area is 121 Å². The monoisotopic (exact) mass is 272 g/mol. The standard InChI is InChI=1S/C18H24O2/c1-2-3-14-4-6-15(7-5-14)16-8-10-17(11-9-16)18-19-12-13-20-18/h8-15,18H,2-7H2,1H3. The van der Waals surface area contributed by atoms with Crippen LogP contribution in [0.15, 0.2) is 36.8 Å². The summed E-state index contributed by atoms with van der Waals surface area (Å²) in [6.45, 7) is 2.30. The lowest BCUT2D eigenvalue weighted by Crippen LogP contribution is -2.13. The van der Waals surface area contributed by atoms with Gasteiger partial charge in [0, 0.05) is 5.56 Å². The normalized spacial score (nSPS) is 26.2. The summed E-state index contributed by atoms with van der Waals surface area (Å²) in [5, 5.41) is 0. The van der Waals surface area contributed by atoms with Crippen LogP contribution in [-0.4, -0.2) is 0 Å². The zero-order chi connectivity index (χ0) is 13.8. The Balaban J connectivity index is 1.58.